The Morgan fingerprint density at radius 2 is 1.80 bits per heavy atom. The lowest BCUT2D eigenvalue weighted by molar-refractivity contribution is -0.458. The Labute approximate surface area is 268 Å². The van der Waals surface area contributed by atoms with Gasteiger partial charge in [-0.25, -0.2) is 4.98 Å². The predicted octanol–water partition coefficient (Wildman–Crippen LogP) is 5.20. The summed E-state index contributed by atoms with van der Waals surface area (Å²) in [5, 5.41) is 5.96. The largest absolute Gasteiger partial charge is 0.596 e. The zero-order valence-corrected chi connectivity index (χ0v) is 27.5. The summed E-state index contributed by atoms with van der Waals surface area (Å²) in [6, 6.07) is 10.4. The minimum absolute atomic E-state index is 0.197. The van der Waals surface area contributed by atoms with Crippen LogP contribution in [0.5, 0.6) is 5.75 Å². The number of ether oxygens (including phenoxy) is 2. The van der Waals surface area contributed by atoms with Gasteiger partial charge in [0, 0.05) is 38.5 Å². The van der Waals surface area contributed by atoms with E-state index in [2.05, 4.69) is 25.5 Å². The summed E-state index contributed by atoms with van der Waals surface area (Å²) in [5.74, 6) is -0.0643. The molecule has 0 saturated heterocycles. The first-order valence-electron chi connectivity index (χ1n) is 14.7. The maximum Gasteiger partial charge on any atom is 0.596 e. The molecule has 3 amide bonds. The number of hydrogen-bond acceptors (Lipinski definition) is 8. The maximum atomic E-state index is 13.3. The van der Waals surface area contributed by atoms with Crippen molar-refractivity contribution in [2.75, 3.05) is 38.5 Å². The summed E-state index contributed by atoms with van der Waals surface area (Å²) in [7, 11) is 1.52. The molecule has 3 heterocycles. The number of aromatic nitrogens is 2. The van der Waals surface area contributed by atoms with Crippen LogP contribution in [0.2, 0.25) is 5.02 Å². The van der Waals surface area contributed by atoms with Crippen LogP contribution in [0.25, 0.3) is 0 Å². The first-order valence-corrected chi connectivity index (χ1v) is 15.1. The Bertz CT molecular complexity index is 1620. The fourth-order valence-electron chi connectivity index (χ4n) is 4.92. The molecule has 11 nitrogen and oxygen atoms in total. The van der Waals surface area contributed by atoms with Crippen molar-refractivity contribution in [1.82, 2.24) is 20.2 Å². The first-order chi connectivity index (χ1) is 21.3. The molecule has 1 aliphatic heterocycles. The molecular weight excluding hydrogens is 596 g/mol. The third-order valence-corrected chi connectivity index (χ3v) is 7.45. The number of halogens is 1. The van der Waals surface area contributed by atoms with E-state index in [0.717, 1.165) is 11.3 Å². The van der Waals surface area contributed by atoms with Crippen molar-refractivity contribution in [3.8, 4) is 5.75 Å². The van der Waals surface area contributed by atoms with Crippen molar-refractivity contribution in [2.45, 2.75) is 53.2 Å². The highest BCUT2D eigenvalue weighted by molar-refractivity contribution is 6.30. The molecule has 3 aromatic rings. The summed E-state index contributed by atoms with van der Waals surface area (Å²) < 4.78 is 13.8. The zero-order valence-electron chi connectivity index (χ0n) is 26.7. The van der Waals surface area contributed by atoms with Crippen LogP contribution in [-0.4, -0.2) is 81.9 Å². The van der Waals surface area contributed by atoms with Crippen molar-refractivity contribution in [1.29, 1.82) is 0 Å². The summed E-state index contributed by atoms with van der Waals surface area (Å²) in [5.41, 5.74) is 2.80. The lowest BCUT2D eigenvalue weighted by Gasteiger charge is -2.30. The van der Waals surface area contributed by atoms with Gasteiger partial charge in [-0.1, -0.05) is 17.7 Å². The number of carbonyl (C=O) groups excluding carboxylic acids is 3. The van der Waals surface area contributed by atoms with Crippen LogP contribution in [-0.2, 0) is 4.74 Å². The highest BCUT2D eigenvalue weighted by atomic mass is 35.5. The van der Waals surface area contributed by atoms with E-state index in [0.29, 0.717) is 59.6 Å². The molecule has 238 valence electrons. The standard InChI is InChI=1S/C33H39ClN6O5/c1-20-9-8-12-36-29(20)38-31(42)24-16-25(30(41)35-7)27(15-21(24)2)44-28(26-11-10-23(34)17-37-26)19-39-13-14-40(22(3)18-39)32(43)45-33(4,5)6/h8-12,15-17,28H,13-14,18-19H2,1-7H3,(H-,35,36,38,41,42)/p+1. The van der Waals surface area contributed by atoms with E-state index in [9.17, 15) is 14.4 Å². The Balaban J connectivity index is 1.64. The van der Waals surface area contributed by atoms with Crippen molar-refractivity contribution >= 4 is 41.0 Å². The van der Waals surface area contributed by atoms with Gasteiger partial charge in [-0.05, 0) is 76.1 Å². The first kappa shape index (κ1) is 33.5. The Morgan fingerprint density at radius 1 is 1.04 bits per heavy atom. The van der Waals surface area contributed by atoms with E-state index in [4.69, 9.17) is 21.1 Å². The number of hydrogen-bond donors (Lipinski definition) is 2. The molecule has 0 radical (unpaired) electrons. The van der Waals surface area contributed by atoms with Gasteiger partial charge < -0.3 is 20.1 Å². The molecule has 2 N–H and O–H groups in total. The van der Waals surface area contributed by atoms with Crippen LogP contribution in [0.15, 0.2) is 48.8 Å². The number of benzene rings is 1. The van der Waals surface area contributed by atoms with E-state index in [1.165, 1.54) is 13.1 Å². The monoisotopic (exact) mass is 635 g/mol. The summed E-state index contributed by atoms with van der Waals surface area (Å²) in [6.07, 6.45) is 2.16. The SMILES string of the molecule is CNC(=O)c1cc(C(=O)Nc2ncccc2C)c(C)cc1OC(CN1CC[N+](C(=O)OC(C)(C)C)=C(C)C1)c1ccc(Cl)cn1. The minimum atomic E-state index is -0.609. The number of amides is 3. The molecule has 1 unspecified atom stereocenters. The Hall–Kier alpha value is -4.35. The molecule has 0 bridgehead atoms. The van der Waals surface area contributed by atoms with Crippen LogP contribution in [0.4, 0.5) is 10.6 Å². The second-order valence-electron chi connectivity index (χ2n) is 12.0. The van der Waals surface area contributed by atoms with Gasteiger partial charge in [-0.2, -0.15) is 4.79 Å². The molecule has 2 aromatic heterocycles. The number of pyridine rings is 2. The zero-order chi connectivity index (χ0) is 32.9. The Kier molecular flexibility index (Phi) is 10.6. The quantitative estimate of drug-likeness (QED) is 0.324. The number of nitrogens with one attached hydrogen (secondary N) is 2. The summed E-state index contributed by atoms with van der Waals surface area (Å²) in [6.45, 7) is 13.0. The number of carbonyl (C=O) groups is 3. The molecule has 0 spiro atoms. The highest BCUT2D eigenvalue weighted by Gasteiger charge is 2.34. The van der Waals surface area contributed by atoms with Gasteiger partial charge >= 0.3 is 6.09 Å². The van der Waals surface area contributed by atoms with E-state index < -0.39 is 23.5 Å². The summed E-state index contributed by atoms with van der Waals surface area (Å²) in [4.78, 5) is 50.1. The van der Waals surface area contributed by atoms with Gasteiger partial charge in [0.15, 0.2) is 18.4 Å². The van der Waals surface area contributed by atoms with Gasteiger partial charge in [0.05, 0.1) is 29.4 Å². The predicted molar refractivity (Wildman–Crippen MR) is 173 cm³/mol. The average Bonchev–Trinajstić information content (AvgIpc) is 2.97. The smallest absolute Gasteiger partial charge is 0.482 e. The molecule has 1 aliphatic rings. The molecule has 45 heavy (non-hydrogen) atoms. The van der Waals surface area contributed by atoms with Crippen molar-refractivity contribution < 1.29 is 28.4 Å². The number of aryl methyl sites for hydroxylation is 2. The van der Waals surface area contributed by atoms with E-state index in [-0.39, 0.29) is 11.7 Å². The van der Waals surface area contributed by atoms with Crippen molar-refractivity contribution in [2.24, 2.45) is 0 Å². The topological polar surface area (TPSA) is 126 Å². The second-order valence-corrected chi connectivity index (χ2v) is 12.4. The molecule has 0 fully saturated rings. The van der Waals surface area contributed by atoms with Crippen LogP contribution < -0.4 is 15.4 Å². The van der Waals surface area contributed by atoms with E-state index in [1.807, 2.05) is 40.7 Å². The molecule has 12 heteroatoms. The highest BCUT2D eigenvalue weighted by Crippen LogP contribution is 2.30. The van der Waals surface area contributed by atoms with Gasteiger partial charge in [-0.3, -0.25) is 19.5 Å². The van der Waals surface area contributed by atoms with Gasteiger partial charge in [-0.15, -0.1) is 4.58 Å². The van der Waals surface area contributed by atoms with Crippen LogP contribution >= 0.6 is 11.6 Å². The molecule has 0 saturated carbocycles. The lowest BCUT2D eigenvalue weighted by atomic mass is 10.0. The fraction of sp³-hybridized carbons (Fsp3) is 0.394. The molecule has 1 atom stereocenters. The van der Waals surface area contributed by atoms with E-state index >= 15 is 0 Å². The maximum absolute atomic E-state index is 13.3. The molecule has 4 rings (SSSR count). The second kappa shape index (κ2) is 14.2. The number of rotatable bonds is 8. The van der Waals surface area contributed by atoms with Crippen LogP contribution in [0, 0.1) is 13.8 Å². The van der Waals surface area contributed by atoms with Crippen molar-refractivity contribution in [3.05, 3.63) is 81.8 Å². The lowest BCUT2D eigenvalue weighted by Crippen LogP contribution is -2.48. The molecular formula is C33H40ClN6O5+. The number of nitrogens with zero attached hydrogens (tertiary/aromatic N) is 4. The third kappa shape index (κ3) is 8.64. The van der Waals surface area contributed by atoms with Crippen molar-refractivity contribution in [3.63, 3.8) is 0 Å². The average molecular weight is 636 g/mol. The molecule has 1 aromatic carbocycles. The Morgan fingerprint density at radius 3 is 2.42 bits per heavy atom. The fourth-order valence-corrected chi connectivity index (χ4v) is 5.04. The van der Waals surface area contributed by atoms with E-state index in [1.54, 1.807) is 48.2 Å². The third-order valence-electron chi connectivity index (χ3n) is 7.22. The molecule has 0 aliphatic carbocycles. The summed E-state index contributed by atoms with van der Waals surface area (Å²) >= 11 is 6.14. The van der Waals surface area contributed by atoms with Crippen LogP contribution in [0.1, 0.15) is 71.3 Å². The minimum Gasteiger partial charge on any atom is -0.482 e. The van der Waals surface area contributed by atoms with Gasteiger partial charge in [0.2, 0.25) is 0 Å². The van der Waals surface area contributed by atoms with Gasteiger partial charge in [0.1, 0.15) is 17.2 Å². The number of anilines is 1. The van der Waals surface area contributed by atoms with Crippen LogP contribution in [0.3, 0.4) is 0 Å². The normalized spacial score (nSPS) is 14.5. The van der Waals surface area contributed by atoms with Gasteiger partial charge in [0.25, 0.3) is 11.8 Å².